The predicted octanol–water partition coefficient (Wildman–Crippen LogP) is 2.66. The highest BCUT2D eigenvalue weighted by Crippen LogP contribution is 2.31. The van der Waals surface area contributed by atoms with Gasteiger partial charge in [0.25, 0.3) is 0 Å². The number of anilines is 2. The van der Waals surface area contributed by atoms with Gasteiger partial charge in [0.1, 0.15) is 0 Å². The third-order valence-electron chi connectivity index (χ3n) is 3.09. The number of rotatable bonds is 1. The quantitative estimate of drug-likeness (QED) is 0.628. The molecule has 96 valence electrons. The van der Waals surface area contributed by atoms with Crippen LogP contribution in [0.1, 0.15) is 31.2 Å². The largest absolute Gasteiger partial charge is 0.398 e. The minimum Gasteiger partial charge on any atom is -0.398 e. The summed E-state index contributed by atoms with van der Waals surface area (Å²) in [5.74, 6) is -0.331. The number of nitrogen functional groups attached to an aromatic ring is 1. The highest BCUT2D eigenvalue weighted by Gasteiger charge is 2.27. The monoisotopic (exact) mass is 266 g/mol. The number of carbonyl (C=O) groups excluding carboxylic acids is 2. The molecule has 0 aromatic heterocycles. The Bertz CT molecular complexity index is 496. The Kier molecular flexibility index (Phi) is 3.57. The molecule has 1 aromatic carbocycles. The molecule has 4 nitrogen and oxygen atoms in total. The molecule has 0 atom stereocenters. The summed E-state index contributed by atoms with van der Waals surface area (Å²) in [5.41, 5.74) is 7.48. The van der Waals surface area contributed by atoms with Gasteiger partial charge in [-0.3, -0.25) is 14.5 Å². The molecular formula is C13H15ClN2O2. The zero-order chi connectivity index (χ0) is 13.3. The number of imide groups is 1. The number of hydrogen-bond acceptors (Lipinski definition) is 3. The van der Waals surface area contributed by atoms with Crippen LogP contribution in [0.3, 0.4) is 0 Å². The average Bonchev–Trinajstić information content (AvgIpc) is 2.46. The van der Waals surface area contributed by atoms with Crippen molar-refractivity contribution < 1.29 is 9.59 Å². The first kappa shape index (κ1) is 12.9. The Morgan fingerprint density at radius 3 is 2.28 bits per heavy atom. The van der Waals surface area contributed by atoms with E-state index in [1.165, 1.54) is 4.90 Å². The summed E-state index contributed by atoms with van der Waals surface area (Å²) in [6.45, 7) is 1.81. The van der Waals surface area contributed by atoms with Gasteiger partial charge in [-0.2, -0.15) is 0 Å². The van der Waals surface area contributed by atoms with Crippen LogP contribution in [-0.2, 0) is 9.59 Å². The number of halogens is 1. The topological polar surface area (TPSA) is 63.4 Å². The lowest BCUT2D eigenvalue weighted by Crippen LogP contribution is -2.35. The first-order valence-electron chi connectivity index (χ1n) is 5.92. The van der Waals surface area contributed by atoms with Crippen molar-refractivity contribution in [3.63, 3.8) is 0 Å². The van der Waals surface area contributed by atoms with Gasteiger partial charge in [-0.1, -0.05) is 11.6 Å². The fraction of sp³-hybridized carbons (Fsp3) is 0.385. The standard InChI is InChI=1S/C13H15ClN2O2/c1-8-6-10(15)9(14)7-11(8)16-12(17)4-2-3-5-13(16)18/h6-7H,2-5,15H2,1H3. The summed E-state index contributed by atoms with van der Waals surface area (Å²) in [4.78, 5) is 25.3. The van der Waals surface area contributed by atoms with Crippen LogP contribution in [0.25, 0.3) is 0 Å². The first-order valence-corrected chi connectivity index (χ1v) is 6.30. The molecule has 2 amide bonds. The summed E-state index contributed by atoms with van der Waals surface area (Å²) in [6, 6.07) is 3.27. The molecule has 1 fully saturated rings. The van der Waals surface area contributed by atoms with Crippen LogP contribution < -0.4 is 10.6 Å². The number of carbonyl (C=O) groups is 2. The molecule has 2 rings (SSSR count). The van der Waals surface area contributed by atoms with Crippen molar-refractivity contribution in [3.05, 3.63) is 22.7 Å². The van der Waals surface area contributed by atoms with E-state index >= 15 is 0 Å². The van der Waals surface area contributed by atoms with Gasteiger partial charge in [0.2, 0.25) is 11.8 Å². The highest BCUT2D eigenvalue weighted by atomic mass is 35.5. The second-order valence-electron chi connectivity index (χ2n) is 4.49. The van der Waals surface area contributed by atoms with Gasteiger partial charge in [0.05, 0.1) is 16.4 Å². The fourth-order valence-corrected chi connectivity index (χ4v) is 2.28. The van der Waals surface area contributed by atoms with Crippen molar-refractivity contribution in [3.8, 4) is 0 Å². The summed E-state index contributed by atoms with van der Waals surface area (Å²) in [7, 11) is 0. The predicted molar refractivity (Wildman–Crippen MR) is 71.6 cm³/mol. The molecule has 1 aliphatic heterocycles. The summed E-state index contributed by atoms with van der Waals surface area (Å²) in [5, 5.41) is 0.362. The van der Waals surface area contributed by atoms with Gasteiger partial charge < -0.3 is 5.73 Å². The molecule has 1 aromatic rings. The average molecular weight is 267 g/mol. The van der Waals surface area contributed by atoms with E-state index in [-0.39, 0.29) is 11.8 Å². The molecule has 1 aliphatic rings. The maximum Gasteiger partial charge on any atom is 0.233 e. The van der Waals surface area contributed by atoms with Crippen molar-refractivity contribution in [1.29, 1.82) is 0 Å². The van der Waals surface area contributed by atoms with Crippen molar-refractivity contribution in [2.45, 2.75) is 32.6 Å². The van der Waals surface area contributed by atoms with Gasteiger partial charge in [0.15, 0.2) is 0 Å². The number of nitrogens with zero attached hydrogens (tertiary/aromatic N) is 1. The summed E-state index contributed by atoms with van der Waals surface area (Å²) >= 11 is 5.97. The van der Waals surface area contributed by atoms with E-state index in [4.69, 9.17) is 17.3 Å². The van der Waals surface area contributed by atoms with Crippen molar-refractivity contribution >= 4 is 34.8 Å². The summed E-state index contributed by atoms with van der Waals surface area (Å²) in [6.07, 6.45) is 2.30. The molecule has 5 heteroatoms. The van der Waals surface area contributed by atoms with Crippen molar-refractivity contribution in [2.75, 3.05) is 10.6 Å². The lowest BCUT2D eigenvalue weighted by atomic mass is 10.1. The Morgan fingerprint density at radius 1 is 1.17 bits per heavy atom. The van der Waals surface area contributed by atoms with Crippen LogP contribution >= 0.6 is 11.6 Å². The number of aryl methyl sites for hydroxylation is 1. The van der Waals surface area contributed by atoms with Crippen LogP contribution in [0.5, 0.6) is 0 Å². The van der Waals surface area contributed by atoms with Crippen LogP contribution in [0, 0.1) is 6.92 Å². The molecule has 18 heavy (non-hydrogen) atoms. The maximum absolute atomic E-state index is 12.0. The third kappa shape index (κ3) is 2.34. The number of amides is 2. The molecule has 0 saturated carbocycles. The molecule has 0 bridgehead atoms. The van der Waals surface area contributed by atoms with Crippen LogP contribution in [-0.4, -0.2) is 11.8 Å². The van der Waals surface area contributed by atoms with E-state index < -0.39 is 0 Å². The second-order valence-corrected chi connectivity index (χ2v) is 4.90. The van der Waals surface area contributed by atoms with Crippen LogP contribution in [0.2, 0.25) is 5.02 Å². The molecule has 2 N–H and O–H groups in total. The van der Waals surface area contributed by atoms with Crippen LogP contribution in [0.4, 0.5) is 11.4 Å². The Hall–Kier alpha value is -1.55. The normalized spacial score (nSPS) is 16.9. The molecular weight excluding hydrogens is 252 g/mol. The Labute approximate surface area is 111 Å². The van der Waals surface area contributed by atoms with Gasteiger partial charge >= 0.3 is 0 Å². The van der Waals surface area contributed by atoms with E-state index in [1.807, 2.05) is 6.92 Å². The molecule has 1 heterocycles. The SMILES string of the molecule is Cc1cc(N)c(Cl)cc1N1C(=O)CCCCC1=O. The fourth-order valence-electron chi connectivity index (χ4n) is 2.12. The lowest BCUT2D eigenvalue weighted by Gasteiger charge is -2.21. The van der Waals surface area contributed by atoms with E-state index in [2.05, 4.69) is 0 Å². The highest BCUT2D eigenvalue weighted by molar-refractivity contribution is 6.33. The zero-order valence-corrected chi connectivity index (χ0v) is 11.0. The minimum absolute atomic E-state index is 0.165. The smallest absolute Gasteiger partial charge is 0.233 e. The van der Waals surface area contributed by atoms with Gasteiger partial charge in [0, 0.05) is 12.8 Å². The maximum atomic E-state index is 12.0. The van der Waals surface area contributed by atoms with Gasteiger partial charge in [-0.25, -0.2) is 0 Å². The van der Waals surface area contributed by atoms with E-state index in [0.29, 0.717) is 29.2 Å². The minimum atomic E-state index is -0.165. The van der Waals surface area contributed by atoms with Gasteiger partial charge in [-0.05, 0) is 37.5 Å². The van der Waals surface area contributed by atoms with E-state index in [9.17, 15) is 9.59 Å². The first-order chi connectivity index (χ1) is 8.50. The third-order valence-corrected chi connectivity index (χ3v) is 3.41. The Balaban J connectivity index is 2.48. The Morgan fingerprint density at radius 2 is 1.72 bits per heavy atom. The summed E-state index contributed by atoms with van der Waals surface area (Å²) < 4.78 is 0. The zero-order valence-electron chi connectivity index (χ0n) is 10.2. The molecule has 0 aliphatic carbocycles. The van der Waals surface area contributed by atoms with E-state index in [1.54, 1.807) is 12.1 Å². The molecule has 0 spiro atoms. The van der Waals surface area contributed by atoms with Crippen LogP contribution in [0.15, 0.2) is 12.1 Å². The van der Waals surface area contributed by atoms with Crippen molar-refractivity contribution in [1.82, 2.24) is 0 Å². The number of hydrogen-bond donors (Lipinski definition) is 1. The van der Waals surface area contributed by atoms with Crippen molar-refractivity contribution in [2.24, 2.45) is 0 Å². The molecule has 1 saturated heterocycles. The van der Waals surface area contributed by atoms with Gasteiger partial charge in [-0.15, -0.1) is 0 Å². The number of benzene rings is 1. The van der Waals surface area contributed by atoms with E-state index in [0.717, 1.165) is 18.4 Å². The molecule has 0 radical (unpaired) electrons. The molecule has 0 unspecified atom stereocenters. The lowest BCUT2D eigenvalue weighted by molar-refractivity contribution is -0.125. The number of nitrogens with two attached hydrogens (primary N) is 1. The second kappa shape index (κ2) is 4.98.